The first kappa shape index (κ1) is 19.6. The molecular formula is C18H16ClF2NO4S. The number of benzene rings is 2. The average Bonchev–Trinajstić information content (AvgIpc) is 2.56. The highest BCUT2D eigenvalue weighted by molar-refractivity contribution is 7.88. The maximum atomic E-state index is 12.9. The third-order valence-electron chi connectivity index (χ3n) is 4.03. The van der Waals surface area contributed by atoms with Crippen molar-refractivity contribution < 1.29 is 26.7 Å². The lowest BCUT2D eigenvalue weighted by atomic mass is 9.89. The van der Waals surface area contributed by atoms with Crippen LogP contribution in [0.2, 0.25) is 5.02 Å². The number of nitrogens with two attached hydrogens (primary N) is 1. The molecule has 2 N–H and O–H groups in total. The van der Waals surface area contributed by atoms with Crippen LogP contribution in [0.15, 0.2) is 43.0 Å². The van der Waals surface area contributed by atoms with Gasteiger partial charge < -0.3 is 9.47 Å². The summed E-state index contributed by atoms with van der Waals surface area (Å²) >= 11 is 6.06. The highest BCUT2D eigenvalue weighted by Crippen LogP contribution is 2.51. The number of sulfonamides is 1. The molecule has 1 unspecified atom stereocenters. The number of hydrogen-bond donors (Lipinski definition) is 1. The molecule has 0 radical (unpaired) electrons. The molecule has 3 rings (SSSR count). The first-order valence-electron chi connectivity index (χ1n) is 7.88. The van der Waals surface area contributed by atoms with E-state index in [1.165, 1.54) is 6.07 Å². The monoisotopic (exact) mass is 415 g/mol. The summed E-state index contributed by atoms with van der Waals surface area (Å²) in [5.41, 5.74) is 1.93. The van der Waals surface area contributed by atoms with Crippen molar-refractivity contribution in [3.8, 4) is 22.6 Å². The smallest absolute Gasteiger partial charge is 0.387 e. The van der Waals surface area contributed by atoms with Gasteiger partial charge in [-0.05, 0) is 23.3 Å². The molecular weight excluding hydrogens is 400 g/mol. The van der Waals surface area contributed by atoms with Gasteiger partial charge >= 0.3 is 6.61 Å². The van der Waals surface area contributed by atoms with Crippen LogP contribution < -0.4 is 14.6 Å². The molecule has 0 spiro atoms. The summed E-state index contributed by atoms with van der Waals surface area (Å²) in [5, 5.41) is 5.13. The van der Waals surface area contributed by atoms with Crippen molar-refractivity contribution in [2.75, 3.05) is 0 Å². The Morgan fingerprint density at radius 3 is 2.70 bits per heavy atom. The summed E-state index contributed by atoms with van der Waals surface area (Å²) in [6, 6.07) is 7.82. The lowest BCUT2D eigenvalue weighted by molar-refractivity contribution is -0.0495. The Morgan fingerprint density at radius 2 is 2.07 bits per heavy atom. The molecule has 0 bridgehead atoms. The Labute approximate surface area is 160 Å². The first-order valence-corrected chi connectivity index (χ1v) is 9.97. The third kappa shape index (κ3) is 4.23. The number of ether oxygens (including phenoxy) is 2. The van der Waals surface area contributed by atoms with E-state index in [2.05, 4.69) is 11.3 Å². The van der Waals surface area contributed by atoms with Crippen LogP contribution in [-0.2, 0) is 15.8 Å². The highest BCUT2D eigenvalue weighted by Gasteiger charge is 2.30. The SMILES string of the molecule is C=CCC1Oc2ccc(Cl)c(OC(F)F)c2-c2ccc(CS(N)(=O)=O)cc21. The van der Waals surface area contributed by atoms with Gasteiger partial charge in [-0.2, -0.15) is 8.78 Å². The fourth-order valence-corrected chi connectivity index (χ4v) is 3.91. The zero-order valence-corrected chi connectivity index (χ0v) is 15.6. The van der Waals surface area contributed by atoms with E-state index in [4.69, 9.17) is 21.5 Å². The molecule has 1 aliphatic heterocycles. The molecule has 1 aliphatic rings. The van der Waals surface area contributed by atoms with Gasteiger partial charge in [-0.1, -0.05) is 35.9 Å². The van der Waals surface area contributed by atoms with Crippen molar-refractivity contribution in [3.63, 3.8) is 0 Å². The summed E-state index contributed by atoms with van der Waals surface area (Å²) in [5.74, 6) is -0.209. The summed E-state index contributed by atoms with van der Waals surface area (Å²) in [4.78, 5) is 0. The predicted molar refractivity (Wildman–Crippen MR) is 98.5 cm³/mol. The Balaban J connectivity index is 2.20. The minimum absolute atomic E-state index is 0.0133. The lowest BCUT2D eigenvalue weighted by Crippen LogP contribution is -2.17. The summed E-state index contributed by atoms with van der Waals surface area (Å²) in [6.07, 6.45) is 1.61. The summed E-state index contributed by atoms with van der Waals surface area (Å²) in [7, 11) is -3.73. The van der Waals surface area contributed by atoms with Crippen molar-refractivity contribution in [2.24, 2.45) is 5.14 Å². The summed E-state index contributed by atoms with van der Waals surface area (Å²) < 4.78 is 59.1. The fourth-order valence-electron chi connectivity index (χ4n) is 3.07. The molecule has 0 amide bonds. The van der Waals surface area contributed by atoms with E-state index in [-0.39, 0.29) is 16.5 Å². The van der Waals surface area contributed by atoms with Gasteiger partial charge in [-0.15, -0.1) is 6.58 Å². The molecule has 9 heteroatoms. The van der Waals surface area contributed by atoms with Gasteiger partial charge in [-0.25, -0.2) is 13.6 Å². The predicted octanol–water partition coefficient (Wildman–Crippen LogP) is 4.41. The molecule has 0 saturated carbocycles. The maximum Gasteiger partial charge on any atom is 0.387 e. The molecule has 0 aliphatic carbocycles. The van der Waals surface area contributed by atoms with Crippen molar-refractivity contribution in [1.82, 2.24) is 0 Å². The molecule has 144 valence electrons. The van der Waals surface area contributed by atoms with Crippen LogP contribution in [0, 0.1) is 0 Å². The minimum atomic E-state index is -3.73. The largest absolute Gasteiger partial charge is 0.485 e. The number of rotatable bonds is 6. The quantitative estimate of drug-likeness (QED) is 0.709. The second-order valence-corrected chi connectivity index (χ2v) is 8.01. The van der Waals surface area contributed by atoms with E-state index >= 15 is 0 Å². The molecule has 1 heterocycles. The van der Waals surface area contributed by atoms with Crippen LogP contribution >= 0.6 is 11.6 Å². The van der Waals surface area contributed by atoms with Crippen LogP contribution in [0.4, 0.5) is 8.78 Å². The van der Waals surface area contributed by atoms with Crippen molar-refractivity contribution in [3.05, 3.63) is 59.1 Å². The number of halogens is 3. The lowest BCUT2D eigenvalue weighted by Gasteiger charge is -2.30. The molecule has 0 saturated heterocycles. The maximum absolute atomic E-state index is 12.9. The number of primary sulfonamides is 1. The van der Waals surface area contributed by atoms with E-state index < -0.39 is 22.7 Å². The normalized spacial score (nSPS) is 15.7. The van der Waals surface area contributed by atoms with Crippen molar-refractivity contribution in [1.29, 1.82) is 0 Å². The zero-order chi connectivity index (χ0) is 19.8. The van der Waals surface area contributed by atoms with E-state index in [9.17, 15) is 17.2 Å². The van der Waals surface area contributed by atoms with E-state index in [0.717, 1.165) is 0 Å². The topological polar surface area (TPSA) is 78.6 Å². The van der Waals surface area contributed by atoms with Gasteiger partial charge in [0.25, 0.3) is 0 Å². The van der Waals surface area contributed by atoms with Gasteiger partial charge in [0, 0.05) is 12.0 Å². The molecule has 27 heavy (non-hydrogen) atoms. The Hall–Kier alpha value is -2.16. The van der Waals surface area contributed by atoms with Gasteiger partial charge in [0.15, 0.2) is 5.75 Å². The van der Waals surface area contributed by atoms with Gasteiger partial charge in [0.1, 0.15) is 11.9 Å². The second kappa shape index (κ2) is 7.46. The third-order valence-corrected chi connectivity index (χ3v) is 5.06. The molecule has 0 fully saturated rings. The number of hydrogen-bond acceptors (Lipinski definition) is 4. The molecule has 0 aromatic heterocycles. The van der Waals surface area contributed by atoms with E-state index in [1.807, 2.05) is 0 Å². The van der Waals surface area contributed by atoms with E-state index in [0.29, 0.717) is 34.4 Å². The number of alkyl halides is 2. The van der Waals surface area contributed by atoms with Crippen LogP contribution in [0.25, 0.3) is 11.1 Å². The van der Waals surface area contributed by atoms with Crippen molar-refractivity contribution in [2.45, 2.75) is 24.9 Å². The van der Waals surface area contributed by atoms with Crippen LogP contribution in [0.1, 0.15) is 23.7 Å². The van der Waals surface area contributed by atoms with Gasteiger partial charge in [0.2, 0.25) is 10.0 Å². The molecule has 1 atom stereocenters. The van der Waals surface area contributed by atoms with E-state index in [1.54, 1.807) is 30.3 Å². The molecule has 2 aromatic carbocycles. The van der Waals surface area contributed by atoms with Crippen LogP contribution in [0.5, 0.6) is 11.5 Å². The second-order valence-electron chi connectivity index (χ2n) is 5.99. The Morgan fingerprint density at radius 1 is 1.33 bits per heavy atom. The fraction of sp³-hybridized carbons (Fsp3) is 0.222. The van der Waals surface area contributed by atoms with Gasteiger partial charge in [0.05, 0.1) is 16.3 Å². The summed E-state index contributed by atoms with van der Waals surface area (Å²) in [6.45, 7) is 0.631. The highest BCUT2D eigenvalue weighted by atomic mass is 35.5. The van der Waals surface area contributed by atoms with Crippen LogP contribution in [-0.4, -0.2) is 15.0 Å². The molecule has 5 nitrogen and oxygen atoms in total. The van der Waals surface area contributed by atoms with Crippen molar-refractivity contribution >= 4 is 21.6 Å². The standard InChI is InChI=1S/C18H16ClF2NO4S/c1-2-3-14-12-8-10(9-27(22,23)24)4-5-11(12)16-15(25-14)7-6-13(19)17(16)26-18(20)21/h2,4-8,14,18H,1,3,9H2,(H2,22,23,24). The Kier molecular flexibility index (Phi) is 5.41. The first-order chi connectivity index (χ1) is 12.7. The molecule has 2 aromatic rings. The number of fused-ring (bicyclic) bond motifs is 3. The average molecular weight is 416 g/mol. The van der Waals surface area contributed by atoms with Crippen LogP contribution in [0.3, 0.4) is 0 Å². The zero-order valence-electron chi connectivity index (χ0n) is 14.0. The van der Waals surface area contributed by atoms with Gasteiger partial charge in [-0.3, -0.25) is 0 Å². The Bertz CT molecular complexity index is 995. The minimum Gasteiger partial charge on any atom is -0.485 e.